The van der Waals surface area contributed by atoms with Gasteiger partial charge >= 0.3 is 5.97 Å². The van der Waals surface area contributed by atoms with Crippen LogP contribution in [0.3, 0.4) is 0 Å². The average Bonchev–Trinajstić information content (AvgIpc) is 2.86. The molecule has 0 saturated carbocycles. The summed E-state index contributed by atoms with van der Waals surface area (Å²) in [5.41, 5.74) is 5.55. The Morgan fingerprint density at radius 1 is 1.12 bits per heavy atom. The number of hydrogen-bond donors (Lipinski definition) is 1. The fourth-order valence-corrected chi connectivity index (χ4v) is 2.88. The summed E-state index contributed by atoms with van der Waals surface area (Å²) in [5, 5.41) is 0. The van der Waals surface area contributed by atoms with E-state index in [1.54, 1.807) is 12.1 Å². The van der Waals surface area contributed by atoms with Crippen LogP contribution in [0.5, 0.6) is 0 Å². The molecule has 26 heavy (non-hydrogen) atoms. The minimum atomic E-state index is -1.11. The van der Waals surface area contributed by atoms with Crippen molar-refractivity contribution in [2.75, 3.05) is 13.3 Å². The molecular formula is C16H16ClN3O6. The van der Waals surface area contributed by atoms with E-state index in [1.165, 1.54) is 12.1 Å². The molecule has 4 amide bonds. The number of carbonyl (C=O) groups excluding carboxylic acids is 5. The number of piperidine rings is 1. The highest BCUT2D eigenvalue weighted by atomic mass is 35.5. The molecule has 138 valence electrons. The lowest BCUT2D eigenvalue weighted by atomic mass is 10.0. The zero-order chi connectivity index (χ0) is 18.1. The molecule has 2 aliphatic rings. The first-order valence-electron chi connectivity index (χ1n) is 7.62. The molecule has 0 aromatic heterocycles. The molecule has 1 unspecified atom stereocenters. The third-order valence-corrected chi connectivity index (χ3v) is 4.14. The SMILES string of the molecule is Cl.NCC(=O)OCN1C(=O)CCC(N2C(=O)c3ccccc3C2=O)C1=O. The number of esters is 1. The number of rotatable bonds is 4. The quantitative estimate of drug-likeness (QED) is 0.559. The van der Waals surface area contributed by atoms with Gasteiger partial charge in [0, 0.05) is 6.42 Å². The van der Waals surface area contributed by atoms with Crippen LogP contribution in [0.1, 0.15) is 33.6 Å². The number of halogens is 1. The molecule has 0 bridgehead atoms. The van der Waals surface area contributed by atoms with Gasteiger partial charge in [0.25, 0.3) is 17.7 Å². The normalized spacial score (nSPS) is 19.3. The highest BCUT2D eigenvalue weighted by Crippen LogP contribution is 2.28. The molecule has 1 aromatic rings. The summed E-state index contributed by atoms with van der Waals surface area (Å²) in [4.78, 5) is 62.3. The van der Waals surface area contributed by atoms with Crippen molar-refractivity contribution in [1.82, 2.24) is 9.80 Å². The lowest BCUT2D eigenvalue weighted by Gasteiger charge is -2.33. The standard InChI is InChI=1S/C16H15N3O6.ClH/c17-7-13(21)25-8-18-12(20)6-5-11(16(18)24)19-14(22)9-3-1-2-4-10(9)15(19)23;/h1-4,11H,5-8,17H2;1H. The fourth-order valence-electron chi connectivity index (χ4n) is 2.88. The lowest BCUT2D eigenvalue weighted by Crippen LogP contribution is -2.56. The molecule has 3 rings (SSSR count). The maximum Gasteiger partial charge on any atom is 0.321 e. The second kappa shape index (κ2) is 7.63. The fraction of sp³-hybridized carbons (Fsp3) is 0.312. The van der Waals surface area contributed by atoms with E-state index in [0.29, 0.717) is 0 Å². The number of benzene rings is 1. The van der Waals surface area contributed by atoms with Gasteiger partial charge in [-0.05, 0) is 18.6 Å². The van der Waals surface area contributed by atoms with E-state index in [4.69, 9.17) is 10.5 Å². The maximum atomic E-state index is 12.6. The van der Waals surface area contributed by atoms with Gasteiger partial charge in [-0.25, -0.2) is 4.90 Å². The largest absolute Gasteiger partial charge is 0.443 e. The Morgan fingerprint density at radius 3 is 2.23 bits per heavy atom. The van der Waals surface area contributed by atoms with Gasteiger partial charge in [-0.15, -0.1) is 12.4 Å². The number of amides is 4. The van der Waals surface area contributed by atoms with Crippen LogP contribution in [0.4, 0.5) is 0 Å². The minimum absolute atomic E-state index is 0. The summed E-state index contributed by atoms with van der Waals surface area (Å²) < 4.78 is 4.73. The van der Waals surface area contributed by atoms with Crippen LogP contribution in [0.15, 0.2) is 24.3 Å². The van der Waals surface area contributed by atoms with E-state index >= 15 is 0 Å². The first-order chi connectivity index (χ1) is 12.0. The van der Waals surface area contributed by atoms with Crippen LogP contribution in [0.2, 0.25) is 0 Å². The van der Waals surface area contributed by atoms with Crippen molar-refractivity contribution in [3.63, 3.8) is 0 Å². The van der Waals surface area contributed by atoms with Gasteiger partial charge in [0.1, 0.15) is 6.04 Å². The molecule has 0 spiro atoms. The molecule has 1 aromatic carbocycles. The summed E-state index contributed by atoms with van der Waals surface area (Å²) in [6.07, 6.45) is -0.0194. The molecular weight excluding hydrogens is 366 g/mol. The molecule has 2 heterocycles. The second-order valence-corrected chi connectivity index (χ2v) is 5.59. The molecule has 1 fully saturated rings. The number of fused-ring (bicyclic) bond motifs is 1. The summed E-state index contributed by atoms with van der Waals surface area (Å²) in [6.45, 7) is -0.981. The molecule has 1 atom stereocenters. The van der Waals surface area contributed by atoms with Gasteiger partial charge in [-0.3, -0.25) is 28.9 Å². The van der Waals surface area contributed by atoms with E-state index in [2.05, 4.69) is 0 Å². The zero-order valence-corrected chi connectivity index (χ0v) is 14.4. The van der Waals surface area contributed by atoms with Gasteiger partial charge in [0.15, 0.2) is 6.73 Å². The van der Waals surface area contributed by atoms with Gasteiger partial charge in [0.05, 0.1) is 17.7 Å². The molecule has 9 nitrogen and oxygen atoms in total. The Morgan fingerprint density at radius 2 is 1.69 bits per heavy atom. The van der Waals surface area contributed by atoms with Crippen molar-refractivity contribution in [2.24, 2.45) is 5.73 Å². The van der Waals surface area contributed by atoms with Crippen LogP contribution in [0.25, 0.3) is 0 Å². The topological polar surface area (TPSA) is 127 Å². The van der Waals surface area contributed by atoms with Crippen molar-refractivity contribution in [3.05, 3.63) is 35.4 Å². The number of nitrogens with zero attached hydrogens (tertiary/aromatic N) is 2. The molecule has 1 saturated heterocycles. The maximum absolute atomic E-state index is 12.6. The van der Waals surface area contributed by atoms with E-state index < -0.39 is 48.9 Å². The van der Waals surface area contributed by atoms with E-state index in [1.807, 2.05) is 0 Å². The van der Waals surface area contributed by atoms with Crippen LogP contribution >= 0.6 is 12.4 Å². The molecule has 2 N–H and O–H groups in total. The van der Waals surface area contributed by atoms with Gasteiger partial charge in [0.2, 0.25) is 5.91 Å². The smallest absolute Gasteiger partial charge is 0.321 e. The Hall–Kier alpha value is -2.78. The van der Waals surface area contributed by atoms with Crippen molar-refractivity contribution in [1.29, 1.82) is 0 Å². The highest BCUT2D eigenvalue weighted by Gasteiger charge is 2.47. The predicted octanol–water partition coefficient (Wildman–Crippen LogP) is -0.319. The van der Waals surface area contributed by atoms with Gasteiger partial charge in [-0.1, -0.05) is 12.1 Å². The lowest BCUT2D eigenvalue weighted by molar-refractivity contribution is -0.163. The number of ether oxygens (including phenoxy) is 1. The average molecular weight is 382 g/mol. The number of hydrogen-bond acceptors (Lipinski definition) is 7. The predicted molar refractivity (Wildman–Crippen MR) is 89.1 cm³/mol. The Balaban J connectivity index is 0.00000243. The summed E-state index contributed by atoms with van der Waals surface area (Å²) in [6, 6.07) is 5.15. The third-order valence-electron chi connectivity index (χ3n) is 4.14. The Labute approximate surface area is 154 Å². The second-order valence-electron chi connectivity index (χ2n) is 5.59. The highest BCUT2D eigenvalue weighted by molar-refractivity contribution is 6.23. The number of nitrogens with two attached hydrogens (primary N) is 1. The summed E-state index contributed by atoms with van der Waals surface area (Å²) in [7, 11) is 0. The summed E-state index contributed by atoms with van der Waals surface area (Å²) >= 11 is 0. The minimum Gasteiger partial charge on any atom is -0.443 e. The summed E-state index contributed by atoms with van der Waals surface area (Å²) in [5.74, 6) is -3.22. The Kier molecular flexibility index (Phi) is 5.73. The van der Waals surface area contributed by atoms with Gasteiger partial charge in [-0.2, -0.15) is 0 Å². The van der Waals surface area contributed by atoms with Crippen molar-refractivity contribution < 1.29 is 28.7 Å². The van der Waals surface area contributed by atoms with E-state index in [-0.39, 0.29) is 36.4 Å². The monoisotopic (exact) mass is 381 g/mol. The van der Waals surface area contributed by atoms with E-state index in [9.17, 15) is 24.0 Å². The number of imide groups is 2. The first-order valence-corrected chi connectivity index (χ1v) is 7.62. The number of likely N-dealkylation sites (tertiary alicyclic amines) is 1. The third kappa shape index (κ3) is 3.18. The van der Waals surface area contributed by atoms with Crippen molar-refractivity contribution >= 4 is 42.0 Å². The first kappa shape index (κ1) is 19.5. The molecule has 2 aliphatic heterocycles. The van der Waals surface area contributed by atoms with E-state index in [0.717, 1.165) is 9.80 Å². The molecule has 0 radical (unpaired) electrons. The van der Waals surface area contributed by atoms with Crippen molar-refractivity contribution in [2.45, 2.75) is 18.9 Å². The molecule has 10 heteroatoms. The van der Waals surface area contributed by atoms with Gasteiger partial charge < -0.3 is 10.5 Å². The van der Waals surface area contributed by atoms with Crippen molar-refractivity contribution in [3.8, 4) is 0 Å². The zero-order valence-electron chi connectivity index (χ0n) is 13.5. The molecule has 0 aliphatic carbocycles. The number of carbonyl (C=O) groups is 5. The van der Waals surface area contributed by atoms with Crippen LogP contribution in [-0.2, 0) is 19.1 Å². The van der Waals surface area contributed by atoms with Crippen LogP contribution in [-0.4, -0.2) is 58.7 Å². The van der Waals surface area contributed by atoms with Crippen LogP contribution in [0, 0.1) is 0 Å². The Bertz CT molecular complexity index is 761. The van der Waals surface area contributed by atoms with Crippen LogP contribution < -0.4 is 5.73 Å².